The van der Waals surface area contributed by atoms with E-state index in [9.17, 15) is 4.79 Å². The zero-order valence-corrected chi connectivity index (χ0v) is 12.2. The number of carbonyl (C=O) groups is 1. The van der Waals surface area contributed by atoms with Gasteiger partial charge >= 0.3 is 0 Å². The average Bonchev–Trinajstić information content (AvgIpc) is 3.00. The molecule has 0 spiro atoms. The normalized spacial score (nSPS) is 12.4. The molecule has 1 atom stereocenters. The maximum Gasteiger partial charge on any atom is 0.251 e. The summed E-state index contributed by atoms with van der Waals surface area (Å²) >= 11 is 0. The van der Waals surface area contributed by atoms with Gasteiger partial charge in [-0.3, -0.25) is 4.79 Å². The molecule has 2 heterocycles. The smallest absolute Gasteiger partial charge is 0.251 e. The lowest BCUT2D eigenvalue weighted by Crippen LogP contribution is -2.41. The molecule has 0 radical (unpaired) electrons. The molecule has 1 amide bonds. The summed E-state index contributed by atoms with van der Waals surface area (Å²) in [5.41, 5.74) is 6.23. The third kappa shape index (κ3) is 4.09. The lowest BCUT2D eigenvalue weighted by atomic mass is 10.0. The Morgan fingerprint density at radius 1 is 1.48 bits per heavy atom. The van der Waals surface area contributed by atoms with Gasteiger partial charge in [-0.15, -0.1) is 0 Å². The maximum absolute atomic E-state index is 12.3. The van der Waals surface area contributed by atoms with E-state index >= 15 is 0 Å². The van der Waals surface area contributed by atoms with E-state index in [1.807, 2.05) is 0 Å². The van der Waals surface area contributed by atoms with Gasteiger partial charge in [0.05, 0.1) is 0 Å². The summed E-state index contributed by atoms with van der Waals surface area (Å²) in [6.07, 6.45) is 5.38. The molecule has 0 aromatic carbocycles. The second-order valence-electron chi connectivity index (χ2n) is 5.28. The Hall–Kier alpha value is -2.28. The van der Waals surface area contributed by atoms with Crippen LogP contribution in [0.4, 0.5) is 0 Å². The first-order valence-electron chi connectivity index (χ1n) is 6.92. The lowest BCUT2D eigenvalue weighted by molar-refractivity contribution is 0.0933. The monoisotopic (exact) mass is 288 g/mol. The average molecular weight is 288 g/mol. The Balaban J connectivity index is 2.10. The molecule has 2 aromatic rings. The van der Waals surface area contributed by atoms with Crippen molar-refractivity contribution in [3.05, 3.63) is 36.5 Å². The quantitative estimate of drug-likeness (QED) is 0.818. The molecule has 2 rings (SSSR count). The van der Waals surface area contributed by atoms with Gasteiger partial charge in [0, 0.05) is 24.3 Å². The minimum atomic E-state index is -0.158. The Kier molecular flexibility index (Phi) is 4.99. The molecule has 7 nitrogen and oxygen atoms in total. The standard InChI is InChI=1S/C14H20N6O/c1-10(2)5-12(7-15)19-14(21)11-3-4-17-13(6-11)20-9-16-8-18-20/h3-4,6,8-10,12H,5,7,15H2,1-2H3,(H,19,21). The molecule has 0 fully saturated rings. The summed E-state index contributed by atoms with van der Waals surface area (Å²) in [6.45, 7) is 4.62. The molecule has 21 heavy (non-hydrogen) atoms. The molecule has 0 saturated heterocycles. The fraction of sp³-hybridized carbons (Fsp3) is 0.429. The van der Waals surface area contributed by atoms with Crippen molar-refractivity contribution in [1.29, 1.82) is 0 Å². The van der Waals surface area contributed by atoms with Crippen LogP contribution in [-0.2, 0) is 0 Å². The van der Waals surface area contributed by atoms with Crippen LogP contribution in [0.5, 0.6) is 0 Å². The molecule has 112 valence electrons. The second-order valence-corrected chi connectivity index (χ2v) is 5.28. The van der Waals surface area contributed by atoms with Crippen molar-refractivity contribution in [2.24, 2.45) is 11.7 Å². The fourth-order valence-electron chi connectivity index (χ4n) is 2.06. The first kappa shape index (κ1) is 15.1. The molecule has 0 aliphatic heterocycles. The van der Waals surface area contributed by atoms with Gasteiger partial charge in [0.15, 0.2) is 5.82 Å². The minimum absolute atomic E-state index is 0.0273. The number of hydrogen-bond donors (Lipinski definition) is 2. The SMILES string of the molecule is CC(C)CC(CN)NC(=O)c1ccnc(-n2cncn2)c1. The molecule has 0 saturated carbocycles. The van der Waals surface area contributed by atoms with Crippen molar-refractivity contribution in [3.8, 4) is 5.82 Å². The number of nitrogens with two attached hydrogens (primary N) is 1. The zero-order valence-electron chi connectivity index (χ0n) is 12.2. The van der Waals surface area contributed by atoms with E-state index in [1.54, 1.807) is 18.3 Å². The van der Waals surface area contributed by atoms with Crippen molar-refractivity contribution in [2.45, 2.75) is 26.3 Å². The highest BCUT2D eigenvalue weighted by molar-refractivity contribution is 5.94. The molecule has 3 N–H and O–H groups in total. The van der Waals surface area contributed by atoms with Gasteiger partial charge in [0.2, 0.25) is 0 Å². The van der Waals surface area contributed by atoms with Crippen molar-refractivity contribution in [1.82, 2.24) is 25.1 Å². The van der Waals surface area contributed by atoms with Crippen LogP contribution in [0.15, 0.2) is 31.0 Å². The van der Waals surface area contributed by atoms with Gasteiger partial charge < -0.3 is 11.1 Å². The van der Waals surface area contributed by atoms with Crippen LogP contribution >= 0.6 is 0 Å². The highest BCUT2D eigenvalue weighted by atomic mass is 16.1. The maximum atomic E-state index is 12.3. The highest BCUT2D eigenvalue weighted by Crippen LogP contribution is 2.08. The van der Waals surface area contributed by atoms with E-state index in [0.717, 1.165) is 6.42 Å². The van der Waals surface area contributed by atoms with Gasteiger partial charge in [-0.05, 0) is 24.5 Å². The number of amides is 1. The fourth-order valence-corrected chi connectivity index (χ4v) is 2.06. The van der Waals surface area contributed by atoms with Crippen LogP contribution in [0.25, 0.3) is 5.82 Å². The lowest BCUT2D eigenvalue weighted by Gasteiger charge is -2.18. The van der Waals surface area contributed by atoms with Crippen LogP contribution in [0.1, 0.15) is 30.6 Å². The largest absolute Gasteiger partial charge is 0.348 e. The van der Waals surface area contributed by atoms with E-state index in [1.165, 1.54) is 17.3 Å². The van der Waals surface area contributed by atoms with Crippen molar-refractivity contribution in [2.75, 3.05) is 6.54 Å². The number of carbonyl (C=O) groups excluding carboxylic acids is 1. The number of hydrogen-bond acceptors (Lipinski definition) is 5. The number of rotatable bonds is 6. The van der Waals surface area contributed by atoms with Crippen molar-refractivity contribution < 1.29 is 4.79 Å². The van der Waals surface area contributed by atoms with Crippen LogP contribution in [-0.4, -0.2) is 38.2 Å². The molecule has 2 aromatic heterocycles. The Morgan fingerprint density at radius 2 is 2.29 bits per heavy atom. The van der Waals surface area contributed by atoms with Gasteiger partial charge in [-0.25, -0.2) is 14.6 Å². The van der Waals surface area contributed by atoms with Gasteiger partial charge in [-0.2, -0.15) is 5.10 Å². The van der Waals surface area contributed by atoms with Crippen LogP contribution < -0.4 is 11.1 Å². The summed E-state index contributed by atoms with van der Waals surface area (Å²) in [4.78, 5) is 20.3. The van der Waals surface area contributed by atoms with Crippen molar-refractivity contribution in [3.63, 3.8) is 0 Å². The summed E-state index contributed by atoms with van der Waals surface area (Å²) in [5, 5.41) is 6.94. The molecule has 7 heteroatoms. The van der Waals surface area contributed by atoms with Gasteiger partial charge in [-0.1, -0.05) is 13.8 Å². The molecular formula is C14H20N6O. The molecule has 0 aliphatic carbocycles. The first-order valence-corrected chi connectivity index (χ1v) is 6.92. The predicted octanol–water partition coefficient (Wildman–Crippen LogP) is 0.765. The Labute approximate surface area is 123 Å². The number of aromatic nitrogens is 4. The first-order chi connectivity index (χ1) is 10.1. The topological polar surface area (TPSA) is 98.7 Å². The van der Waals surface area contributed by atoms with Crippen molar-refractivity contribution >= 4 is 5.91 Å². The summed E-state index contributed by atoms with van der Waals surface area (Å²) in [5.74, 6) is 0.866. The molecule has 0 aliphatic rings. The van der Waals surface area contributed by atoms with Gasteiger partial charge in [0.1, 0.15) is 12.7 Å². The van der Waals surface area contributed by atoms with E-state index in [2.05, 4.69) is 34.2 Å². The Morgan fingerprint density at radius 3 is 2.90 bits per heavy atom. The van der Waals surface area contributed by atoms with Gasteiger partial charge in [0.25, 0.3) is 5.91 Å². The number of nitrogens with one attached hydrogen (secondary N) is 1. The zero-order chi connectivity index (χ0) is 15.2. The molecule has 0 bridgehead atoms. The molecular weight excluding hydrogens is 268 g/mol. The summed E-state index contributed by atoms with van der Waals surface area (Å²) in [7, 11) is 0. The van der Waals surface area contributed by atoms with Crippen LogP contribution in [0.2, 0.25) is 0 Å². The summed E-state index contributed by atoms with van der Waals surface area (Å²) in [6, 6.07) is 3.31. The van der Waals surface area contributed by atoms with E-state index in [-0.39, 0.29) is 11.9 Å². The predicted molar refractivity (Wildman–Crippen MR) is 78.9 cm³/mol. The molecule has 1 unspecified atom stereocenters. The third-order valence-corrected chi connectivity index (χ3v) is 3.04. The number of pyridine rings is 1. The Bertz CT molecular complexity index is 581. The van der Waals surface area contributed by atoms with E-state index in [0.29, 0.717) is 23.8 Å². The summed E-state index contributed by atoms with van der Waals surface area (Å²) < 4.78 is 1.51. The number of nitrogens with zero attached hydrogens (tertiary/aromatic N) is 4. The van der Waals surface area contributed by atoms with E-state index in [4.69, 9.17) is 5.73 Å². The van der Waals surface area contributed by atoms with E-state index < -0.39 is 0 Å². The highest BCUT2D eigenvalue weighted by Gasteiger charge is 2.14. The van der Waals surface area contributed by atoms with Crippen LogP contribution in [0.3, 0.4) is 0 Å². The second kappa shape index (κ2) is 6.94. The third-order valence-electron chi connectivity index (χ3n) is 3.04. The van der Waals surface area contributed by atoms with Crippen LogP contribution in [0, 0.1) is 5.92 Å². The minimum Gasteiger partial charge on any atom is -0.348 e.